The van der Waals surface area contributed by atoms with Gasteiger partial charge in [-0.05, 0) is 24.3 Å². The fraction of sp³-hybridized carbons (Fsp3) is 0.188. The average molecular weight is 328 g/mol. The van der Waals surface area contributed by atoms with Gasteiger partial charge in [0, 0.05) is 26.2 Å². The van der Waals surface area contributed by atoms with Gasteiger partial charge in [-0.1, -0.05) is 12.1 Å². The number of hydrogen-bond donors (Lipinski definition) is 2. The first-order valence-electron chi connectivity index (χ1n) is 7.35. The third kappa shape index (κ3) is 3.07. The molecule has 124 valence electrons. The summed E-state index contributed by atoms with van der Waals surface area (Å²) < 4.78 is 8.12. The summed E-state index contributed by atoms with van der Waals surface area (Å²) in [6.45, 7) is 0.154. The van der Waals surface area contributed by atoms with Crippen molar-refractivity contribution in [3.63, 3.8) is 0 Å². The van der Waals surface area contributed by atoms with Gasteiger partial charge in [-0.25, -0.2) is 4.79 Å². The van der Waals surface area contributed by atoms with Crippen LogP contribution in [0.25, 0.3) is 11.1 Å². The van der Waals surface area contributed by atoms with E-state index in [1.165, 1.54) is 4.57 Å². The van der Waals surface area contributed by atoms with E-state index in [-0.39, 0.29) is 13.0 Å². The van der Waals surface area contributed by atoms with Crippen molar-refractivity contribution in [2.75, 3.05) is 0 Å². The molecule has 0 atom stereocenters. The SMILES string of the molecule is Cn1cccc1C(=O)NNC(=O)CCn1c(=O)oc2ccccc21. The number of para-hydroxylation sites is 2. The summed E-state index contributed by atoms with van der Waals surface area (Å²) in [6, 6.07) is 10.4. The first kappa shape index (κ1) is 15.6. The standard InChI is InChI=1S/C16H16N4O4/c1-19-9-4-6-12(19)15(22)18-17-14(21)8-10-20-11-5-2-3-7-13(11)24-16(20)23/h2-7,9H,8,10H2,1H3,(H,17,21)(H,18,22). The number of benzene rings is 1. The highest BCUT2D eigenvalue weighted by Gasteiger charge is 2.12. The van der Waals surface area contributed by atoms with E-state index in [0.29, 0.717) is 16.8 Å². The maximum atomic E-state index is 11.9. The van der Waals surface area contributed by atoms with Crippen molar-refractivity contribution in [3.05, 3.63) is 58.8 Å². The molecule has 2 aromatic heterocycles. The molecule has 8 heteroatoms. The van der Waals surface area contributed by atoms with Crippen LogP contribution < -0.4 is 16.6 Å². The number of hydrazine groups is 1. The molecule has 0 spiro atoms. The summed E-state index contributed by atoms with van der Waals surface area (Å²) in [6.07, 6.45) is 1.75. The van der Waals surface area contributed by atoms with Crippen LogP contribution in [0, 0.1) is 0 Å². The number of hydrogen-bond acceptors (Lipinski definition) is 4. The lowest BCUT2D eigenvalue weighted by Gasteiger charge is -2.08. The summed E-state index contributed by atoms with van der Waals surface area (Å²) in [4.78, 5) is 35.5. The van der Waals surface area contributed by atoms with Gasteiger partial charge >= 0.3 is 5.76 Å². The van der Waals surface area contributed by atoms with Gasteiger partial charge in [-0.15, -0.1) is 0 Å². The van der Waals surface area contributed by atoms with Crippen LogP contribution in [0.15, 0.2) is 51.8 Å². The number of aryl methyl sites for hydroxylation is 2. The van der Waals surface area contributed by atoms with E-state index < -0.39 is 17.6 Å². The van der Waals surface area contributed by atoms with E-state index in [9.17, 15) is 14.4 Å². The van der Waals surface area contributed by atoms with Crippen LogP contribution in [0.2, 0.25) is 0 Å². The van der Waals surface area contributed by atoms with E-state index in [4.69, 9.17) is 4.42 Å². The Morgan fingerprint density at radius 2 is 1.92 bits per heavy atom. The third-order valence-electron chi connectivity index (χ3n) is 3.63. The van der Waals surface area contributed by atoms with Gasteiger partial charge in [-0.2, -0.15) is 0 Å². The van der Waals surface area contributed by atoms with Gasteiger partial charge in [0.2, 0.25) is 5.91 Å². The van der Waals surface area contributed by atoms with Crippen molar-refractivity contribution in [1.29, 1.82) is 0 Å². The molecule has 0 aliphatic heterocycles. The first-order valence-corrected chi connectivity index (χ1v) is 7.35. The minimum absolute atomic E-state index is 0.0247. The van der Waals surface area contributed by atoms with Gasteiger partial charge in [0.25, 0.3) is 5.91 Å². The number of rotatable bonds is 4. The zero-order valence-corrected chi connectivity index (χ0v) is 13.0. The van der Waals surface area contributed by atoms with Gasteiger partial charge in [0.15, 0.2) is 5.58 Å². The molecule has 24 heavy (non-hydrogen) atoms. The number of carbonyl (C=O) groups is 2. The molecule has 0 saturated heterocycles. The Bertz CT molecular complexity index is 950. The number of amides is 2. The zero-order chi connectivity index (χ0) is 17.1. The largest absolute Gasteiger partial charge is 0.419 e. The smallest absolute Gasteiger partial charge is 0.408 e. The molecule has 0 aliphatic rings. The van der Waals surface area contributed by atoms with Gasteiger partial charge in [0.1, 0.15) is 5.69 Å². The third-order valence-corrected chi connectivity index (χ3v) is 3.63. The van der Waals surface area contributed by atoms with Crippen LogP contribution in [0.3, 0.4) is 0 Å². The number of aromatic nitrogens is 2. The average Bonchev–Trinajstić information content (AvgIpc) is 3.13. The lowest BCUT2D eigenvalue weighted by Crippen LogP contribution is -2.42. The summed E-state index contributed by atoms with van der Waals surface area (Å²) in [5, 5.41) is 0. The number of nitrogens with one attached hydrogen (secondary N) is 2. The van der Waals surface area contributed by atoms with Crippen LogP contribution in [0.1, 0.15) is 16.9 Å². The van der Waals surface area contributed by atoms with Crippen LogP contribution in [-0.4, -0.2) is 20.9 Å². The molecule has 0 saturated carbocycles. The minimum Gasteiger partial charge on any atom is -0.408 e. The number of oxazole rings is 1. The normalized spacial score (nSPS) is 10.7. The van der Waals surface area contributed by atoms with E-state index in [1.807, 2.05) is 0 Å². The molecular weight excluding hydrogens is 312 g/mol. The highest BCUT2D eigenvalue weighted by molar-refractivity contribution is 5.94. The Morgan fingerprint density at radius 1 is 1.12 bits per heavy atom. The molecule has 0 fully saturated rings. The van der Waals surface area contributed by atoms with Crippen molar-refractivity contribution < 1.29 is 14.0 Å². The van der Waals surface area contributed by atoms with E-state index in [1.54, 1.807) is 54.2 Å². The second kappa shape index (κ2) is 6.45. The van der Waals surface area contributed by atoms with Crippen molar-refractivity contribution in [1.82, 2.24) is 20.0 Å². The quantitative estimate of drug-likeness (QED) is 0.692. The molecule has 1 aromatic carbocycles. The first-order chi connectivity index (χ1) is 11.6. The fourth-order valence-electron chi connectivity index (χ4n) is 2.39. The Kier molecular flexibility index (Phi) is 4.19. The maximum Gasteiger partial charge on any atom is 0.419 e. The predicted molar refractivity (Wildman–Crippen MR) is 86.1 cm³/mol. The van der Waals surface area contributed by atoms with Crippen LogP contribution >= 0.6 is 0 Å². The number of fused-ring (bicyclic) bond motifs is 1. The summed E-state index contributed by atoms with van der Waals surface area (Å²) >= 11 is 0. The van der Waals surface area contributed by atoms with Gasteiger partial charge in [0.05, 0.1) is 5.52 Å². The molecule has 0 radical (unpaired) electrons. The van der Waals surface area contributed by atoms with Crippen LogP contribution in [0.4, 0.5) is 0 Å². The Hall–Kier alpha value is -3.29. The number of carbonyl (C=O) groups excluding carboxylic acids is 2. The zero-order valence-electron chi connectivity index (χ0n) is 13.0. The Balaban J connectivity index is 1.58. The van der Waals surface area contributed by atoms with E-state index >= 15 is 0 Å². The molecule has 0 bridgehead atoms. The Morgan fingerprint density at radius 3 is 2.67 bits per heavy atom. The lowest BCUT2D eigenvalue weighted by molar-refractivity contribution is -0.122. The van der Waals surface area contributed by atoms with Gasteiger partial charge < -0.3 is 8.98 Å². The molecule has 2 N–H and O–H groups in total. The molecule has 0 unspecified atom stereocenters. The molecule has 8 nitrogen and oxygen atoms in total. The van der Waals surface area contributed by atoms with E-state index in [0.717, 1.165) is 0 Å². The van der Waals surface area contributed by atoms with E-state index in [2.05, 4.69) is 10.9 Å². The second-order valence-electron chi connectivity index (χ2n) is 5.24. The summed E-state index contributed by atoms with van der Waals surface area (Å²) in [5.74, 6) is -1.34. The van der Waals surface area contributed by atoms with Crippen LogP contribution in [-0.2, 0) is 18.4 Å². The molecule has 3 aromatic rings. The molecule has 2 amide bonds. The van der Waals surface area contributed by atoms with Crippen molar-refractivity contribution in [3.8, 4) is 0 Å². The number of nitrogens with zero attached hydrogens (tertiary/aromatic N) is 2. The maximum absolute atomic E-state index is 11.9. The van der Waals surface area contributed by atoms with Crippen molar-refractivity contribution >= 4 is 22.9 Å². The molecule has 2 heterocycles. The van der Waals surface area contributed by atoms with Crippen molar-refractivity contribution in [2.24, 2.45) is 7.05 Å². The van der Waals surface area contributed by atoms with Crippen LogP contribution in [0.5, 0.6) is 0 Å². The van der Waals surface area contributed by atoms with Gasteiger partial charge in [-0.3, -0.25) is 25.0 Å². The molecule has 0 aliphatic carbocycles. The molecular formula is C16H16N4O4. The fourth-order valence-corrected chi connectivity index (χ4v) is 2.39. The Labute approximate surface area is 136 Å². The highest BCUT2D eigenvalue weighted by Crippen LogP contribution is 2.11. The lowest BCUT2D eigenvalue weighted by atomic mass is 10.3. The molecule has 3 rings (SSSR count). The minimum atomic E-state index is -0.517. The highest BCUT2D eigenvalue weighted by atomic mass is 16.4. The summed E-state index contributed by atoms with van der Waals surface area (Å²) in [5.41, 5.74) is 6.19. The predicted octanol–water partition coefficient (Wildman–Crippen LogP) is 0.784. The summed E-state index contributed by atoms with van der Waals surface area (Å²) in [7, 11) is 1.73. The topological polar surface area (TPSA) is 98.3 Å². The second-order valence-corrected chi connectivity index (χ2v) is 5.24. The van der Waals surface area contributed by atoms with Crippen molar-refractivity contribution in [2.45, 2.75) is 13.0 Å². The monoisotopic (exact) mass is 328 g/mol.